The van der Waals surface area contributed by atoms with Gasteiger partial charge in [0.25, 0.3) is 0 Å². The lowest BCUT2D eigenvalue weighted by atomic mass is 9.61. The number of hydrogen-bond acceptors (Lipinski definition) is 3. The molecule has 2 aliphatic carbocycles. The smallest absolute Gasteiger partial charge is 0.407 e. The number of fused-ring (bicyclic) bond motifs is 1. The summed E-state index contributed by atoms with van der Waals surface area (Å²) in [5, 5.41) is 2.91. The predicted molar refractivity (Wildman–Crippen MR) is 117 cm³/mol. The maximum Gasteiger partial charge on any atom is 0.407 e. The van der Waals surface area contributed by atoms with Gasteiger partial charge in [-0.3, -0.25) is 4.98 Å². The molecule has 0 aromatic carbocycles. The van der Waals surface area contributed by atoms with E-state index in [9.17, 15) is 4.79 Å². The topological polar surface area (TPSA) is 51.2 Å². The second kappa shape index (κ2) is 8.12. The van der Waals surface area contributed by atoms with Crippen LogP contribution in [0, 0.1) is 16.7 Å². The lowest BCUT2D eigenvalue weighted by Gasteiger charge is -2.46. The number of alkyl carbamates (subject to hydrolysis) is 1. The van der Waals surface area contributed by atoms with E-state index in [4.69, 9.17) is 4.74 Å². The predicted octanol–water partition coefficient (Wildman–Crippen LogP) is 5.91. The first-order chi connectivity index (χ1) is 13.9. The second-order valence-electron chi connectivity index (χ2n) is 9.90. The molecule has 1 saturated heterocycles. The van der Waals surface area contributed by atoms with Crippen molar-refractivity contribution in [3.63, 3.8) is 0 Å². The van der Waals surface area contributed by atoms with Crippen molar-refractivity contribution in [1.29, 1.82) is 0 Å². The van der Waals surface area contributed by atoms with E-state index in [2.05, 4.69) is 43.2 Å². The number of ether oxygens (including phenoxy) is 1. The number of aryl methyl sites for hydroxylation is 1. The number of nitrogens with one attached hydrogen (secondary N) is 1. The number of rotatable bonds is 5. The van der Waals surface area contributed by atoms with Crippen molar-refractivity contribution < 1.29 is 9.53 Å². The van der Waals surface area contributed by atoms with Gasteiger partial charge in [-0.15, -0.1) is 0 Å². The Bertz CT molecular complexity index is 789. The van der Waals surface area contributed by atoms with Crippen LogP contribution < -0.4 is 5.32 Å². The highest BCUT2D eigenvalue weighted by Crippen LogP contribution is 2.53. The molecule has 3 aliphatic rings. The number of pyridine rings is 1. The Morgan fingerprint density at radius 1 is 1.24 bits per heavy atom. The maximum absolute atomic E-state index is 11.9. The molecule has 4 atom stereocenters. The fraction of sp³-hybridized carbons (Fsp3) is 0.680. The Balaban J connectivity index is 1.49. The van der Waals surface area contributed by atoms with Crippen molar-refractivity contribution in [3.8, 4) is 0 Å². The van der Waals surface area contributed by atoms with Gasteiger partial charge < -0.3 is 10.1 Å². The largest absolute Gasteiger partial charge is 0.446 e. The number of carbonyl (C=O) groups is 1. The minimum Gasteiger partial charge on any atom is -0.446 e. The summed E-state index contributed by atoms with van der Waals surface area (Å²) in [5.41, 5.74) is 4.43. The molecule has 0 bridgehead atoms. The minimum atomic E-state index is -0.226. The van der Waals surface area contributed by atoms with Crippen molar-refractivity contribution in [3.05, 3.63) is 35.7 Å². The van der Waals surface area contributed by atoms with Crippen LogP contribution in [0.15, 0.2) is 24.5 Å². The Morgan fingerprint density at radius 2 is 2.10 bits per heavy atom. The van der Waals surface area contributed by atoms with Gasteiger partial charge >= 0.3 is 6.09 Å². The van der Waals surface area contributed by atoms with E-state index in [1.165, 1.54) is 48.8 Å². The number of carbonyl (C=O) groups excluding carboxylic acids is 1. The van der Waals surface area contributed by atoms with E-state index >= 15 is 0 Å². The van der Waals surface area contributed by atoms with E-state index in [0.717, 1.165) is 32.2 Å². The first-order valence-electron chi connectivity index (χ1n) is 11.5. The lowest BCUT2D eigenvalue weighted by molar-refractivity contribution is -0.0484. The summed E-state index contributed by atoms with van der Waals surface area (Å²) in [5.74, 6) is 0.618. The Labute approximate surface area is 175 Å². The van der Waals surface area contributed by atoms with Crippen LogP contribution in [0.1, 0.15) is 83.3 Å². The number of allylic oxidation sites excluding steroid dienone is 2. The molecule has 1 aromatic heterocycles. The first-order valence-corrected chi connectivity index (χ1v) is 11.5. The zero-order chi connectivity index (χ0) is 20.5. The Morgan fingerprint density at radius 3 is 2.93 bits per heavy atom. The van der Waals surface area contributed by atoms with Crippen LogP contribution in [0.3, 0.4) is 0 Å². The molecule has 2 heterocycles. The molecular formula is C25H36N2O2. The van der Waals surface area contributed by atoms with Gasteiger partial charge in [-0.25, -0.2) is 4.79 Å². The van der Waals surface area contributed by atoms with Gasteiger partial charge in [-0.1, -0.05) is 26.8 Å². The summed E-state index contributed by atoms with van der Waals surface area (Å²) in [6, 6.07) is 2.33. The molecule has 1 amide bonds. The SMILES string of the molecule is CCc1cncc(C2=CCCC2(C)CCC2CCCC3OC(=O)NCCC23C)c1. The van der Waals surface area contributed by atoms with Gasteiger partial charge in [-0.2, -0.15) is 0 Å². The summed E-state index contributed by atoms with van der Waals surface area (Å²) in [6.45, 7) is 7.74. The number of hydrogen-bond donors (Lipinski definition) is 1. The molecule has 1 saturated carbocycles. The van der Waals surface area contributed by atoms with Crippen LogP contribution in [0.25, 0.3) is 5.57 Å². The molecule has 4 nitrogen and oxygen atoms in total. The van der Waals surface area contributed by atoms with E-state index in [1.54, 1.807) is 0 Å². The van der Waals surface area contributed by atoms with Crippen molar-refractivity contribution in [2.24, 2.45) is 16.7 Å². The zero-order valence-corrected chi connectivity index (χ0v) is 18.3. The monoisotopic (exact) mass is 396 g/mol. The van der Waals surface area contributed by atoms with Crippen LogP contribution in [0.5, 0.6) is 0 Å². The summed E-state index contributed by atoms with van der Waals surface area (Å²) in [7, 11) is 0. The minimum absolute atomic E-state index is 0.0700. The van der Waals surface area contributed by atoms with Crippen LogP contribution in [-0.4, -0.2) is 23.7 Å². The second-order valence-corrected chi connectivity index (χ2v) is 9.90. The third kappa shape index (κ3) is 3.95. The highest BCUT2D eigenvalue weighted by atomic mass is 16.6. The van der Waals surface area contributed by atoms with Crippen molar-refractivity contribution in [1.82, 2.24) is 10.3 Å². The molecule has 1 aromatic rings. The van der Waals surface area contributed by atoms with Crippen LogP contribution in [-0.2, 0) is 11.2 Å². The number of aromatic nitrogens is 1. The molecule has 158 valence electrons. The van der Waals surface area contributed by atoms with Crippen LogP contribution >= 0.6 is 0 Å². The molecule has 4 unspecified atom stereocenters. The van der Waals surface area contributed by atoms with Gasteiger partial charge in [-0.05, 0) is 91.9 Å². The third-order valence-electron chi connectivity index (χ3n) is 8.12. The molecule has 0 radical (unpaired) electrons. The molecule has 4 heteroatoms. The van der Waals surface area contributed by atoms with Gasteiger partial charge in [0, 0.05) is 24.4 Å². The third-order valence-corrected chi connectivity index (χ3v) is 8.12. The van der Waals surface area contributed by atoms with E-state index in [0.29, 0.717) is 5.92 Å². The highest BCUT2D eigenvalue weighted by molar-refractivity contribution is 5.71. The highest BCUT2D eigenvalue weighted by Gasteiger charge is 2.47. The molecule has 1 aliphatic heterocycles. The standard InChI is InChI=1S/C25H36N2O2/c1-4-18-15-19(17-26-16-18)21-8-6-11-24(21,2)12-10-20-7-5-9-22-25(20,3)13-14-27-23(28)29-22/h8,15-17,20,22H,4-7,9-14H2,1-3H3,(H,27,28). The van der Waals surface area contributed by atoms with E-state index in [1.807, 2.05) is 12.4 Å². The van der Waals surface area contributed by atoms with Gasteiger partial charge in [0.15, 0.2) is 0 Å². The normalized spacial score (nSPS) is 34.6. The lowest BCUT2D eigenvalue weighted by Crippen LogP contribution is -2.44. The average Bonchev–Trinajstić information content (AvgIpc) is 3.02. The zero-order valence-electron chi connectivity index (χ0n) is 18.3. The van der Waals surface area contributed by atoms with Crippen molar-refractivity contribution >= 4 is 11.7 Å². The van der Waals surface area contributed by atoms with Gasteiger partial charge in [0.1, 0.15) is 6.10 Å². The molecular weight excluding hydrogens is 360 g/mol. The Hall–Kier alpha value is -1.84. The average molecular weight is 397 g/mol. The Kier molecular flexibility index (Phi) is 5.72. The number of amides is 1. The maximum atomic E-state index is 11.9. The summed E-state index contributed by atoms with van der Waals surface area (Å²) >= 11 is 0. The molecule has 29 heavy (non-hydrogen) atoms. The summed E-state index contributed by atoms with van der Waals surface area (Å²) < 4.78 is 5.79. The molecule has 2 fully saturated rings. The van der Waals surface area contributed by atoms with E-state index in [-0.39, 0.29) is 23.0 Å². The molecule has 0 spiro atoms. The van der Waals surface area contributed by atoms with Crippen molar-refractivity contribution in [2.45, 2.75) is 84.7 Å². The fourth-order valence-electron chi connectivity index (χ4n) is 6.07. The summed E-state index contributed by atoms with van der Waals surface area (Å²) in [4.78, 5) is 16.4. The molecule has 4 rings (SSSR count). The van der Waals surface area contributed by atoms with Crippen molar-refractivity contribution in [2.75, 3.05) is 6.54 Å². The van der Waals surface area contributed by atoms with Gasteiger partial charge in [0.05, 0.1) is 0 Å². The van der Waals surface area contributed by atoms with Gasteiger partial charge in [0.2, 0.25) is 0 Å². The number of nitrogens with zero attached hydrogens (tertiary/aromatic N) is 1. The van der Waals surface area contributed by atoms with Crippen LogP contribution in [0.2, 0.25) is 0 Å². The quantitative estimate of drug-likeness (QED) is 0.673. The van der Waals surface area contributed by atoms with Crippen LogP contribution in [0.4, 0.5) is 4.79 Å². The fourth-order valence-corrected chi connectivity index (χ4v) is 6.07. The van der Waals surface area contributed by atoms with E-state index < -0.39 is 0 Å². The first kappa shape index (κ1) is 20.4. The summed E-state index contributed by atoms with van der Waals surface area (Å²) in [6.07, 6.45) is 16.6. The molecule has 1 N–H and O–H groups in total.